The van der Waals surface area contributed by atoms with Crippen molar-refractivity contribution >= 4 is 60.6 Å². The smallest absolute Gasteiger partial charge is 0.359 e. The summed E-state index contributed by atoms with van der Waals surface area (Å²) in [7, 11) is 0.895. The van der Waals surface area contributed by atoms with Crippen LogP contribution in [-0.4, -0.2) is 85.3 Å². The van der Waals surface area contributed by atoms with Crippen molar-refractivity contribution in [3.05, 3.63) is 11.3 Å². The van der Waals surface area contributed by atoms with E-state index in [-0.39, 0.29) is 30.0 Å². The number of β-lactam (4-membered cyclic amide) rings is 1. The SMILES string of the molecule is C=PCCOCC(=O)NC1C(=O)N2C(C(=O)OC(P=C)[P+](=C)C)=C(CC)CCC12. The predicted molar refractivity (Wildman–Crippen MR) is 123 cm³/mol. The van der Waals surface area contributed by atoms with Crippen LogP contribution in [0.15, 0.2) is 11.3 Å². The first kappa shape index (κ1) is 23.9. The van der Waals surface area contributed by atoms with Gasteiger partial charge in [0.1, 0.15) is 25.9 Å². The molecular formula is C19H28N2O5P3+. The number of nitrogens with one attached hydrogen (secondary N) is 1. The fourth-order valence-corrected chi connectivity index (χ4v) is 5.22. The molecule has 7 nitrogen and oxygen atoms in total. The molecule has 0 aliphatic carbocycles. The minimum absolute atomic E-state index is 0.0925. The van der Waals surface area contributed by atoms with Crippen LogP contribution in [0.3, 0.4) is 0 Å². The van der Waals surface area contributed by atoms with Crippen molar-refractivity contribution in [1.82, 2.24) is 10.2 Å². The predicted octanol–water partition coefficient (Wildman–Crippen LogP) is 2.28. The molecule has 1 saturated heterocycles. The summed E-state index contributed by atoms with van der Waals surface area (Å²) in [5.74, 6) is -1.11. The summed E-state index contributed by atoms with van der Waals surface area (Å²) in [6, 6.07) is -0.863. The Kier molecular flexibility index (Phi) is 9.17. The third-order valence-electron chi connectivity index (χ3n) is 4.85. The molecule has 0 aromatic carbocycles. The minimum Gasteiger partial charge on any atom is -0.408 e. The summed E-state index contributed by atoms with van der Waals surface area (Å²) >= 11 is 0. The molecule has 0 aromatic rings. The van der Waals surface area contributed by atoms with Gasteiger partial charge in [-0.2, -0.15) is 0 Å². The maximum atomic E-state index is 12.9. The van der Waals surface area contributed by atoms with Gasteiger partial charge in [-0.3, -0.25) is 14.5 Å². The average molecular weight is 457 g/mol. The van der Waals surface area contributed by atoms with Crippen LogP contribution in [0.25, 0.3) is 0 Å². The van der Waals surface area contributed by atoms with Gasteiger partial charge in [-0.25, -0.2) is 4.79 Å². The van der Waals surface area contributed by atoms with Gasteiger partial charge in [0.05, 0.1) is 25.6 Å². The number of amides is 2. The number of carbonyl (C=O) groups is 3. The number of allylic oxidation sites excluding steroid dienone is 1. The molecule has 2 amide bonds. The molecule has 29 heavy (non-hydrogen) atoms. The number of ether oxygens (including phenoxy) is 2. The Morgan fingerprint density at radius 3 is 2.72 bits per heavy atom. The molecule has 2 rings (SSSR count). The summed E-state index contributed by atoms with van der Waals surface area (Å²) in [6.07, 6.45) is 14.3. The van der Waals surface area contributed by atoms with E-state index in [1.807, 2.05) is 13.6 Å². The van der Waals surface area contributed by atoms with Crippen LogP contribution in [0.2, 0.25) is 0 Å². The summed E-state index contributed by atoms with van der Waals surface area (Å²) in [5.41, 5.74) is 0.865. The second kappa shape index (κ2) is 11.1. The quantitative estimate of drug-likeness (QED) is 0.223. The van der Waals surface area contributed by atoms with Crippen molar-refractivity contribution in [3.8, 4) is 0 Å². The van der Waals surface area contributed by atoms with Crippen LogP contribution in [0.4, 0.5) is 0 Å². The van der Waals surface area contributed by atoms with E-state index >= 15 is 0 Å². The molecule has 0 bridgehead atoms. The highest BCUT2D eigenvalue weighted by Crippen LogP contribution is 2.40. The van der Waals surface area contributed by atoms with E-state index in [4.69, 9.17) is 9.47 Å². The summed E-state index contributed by atoms with van der Waals surface area (Å²) in [4.78, 5) is 39.2. The lowest BCUT2D eigenvalue weighted by molar-refractivity contribution is -0.157. The molecule has 4 atom stereocenters. The molecule has 158 valence electrons. The highest BCUT2D eigenvalue weighted by Gasteiger charge is 2.53. The lowest BCUT2D eigenvalue weighted by Crippen LogP contribution is -2.72. The zero-order valence-corrected chi connectivity index (χ0v) is 19.6. The van der Waals surface area contributed by atoms with Gasteiger partial charge in [-0.1, -0.05) is 19.5 Å². The lowest BCUT2D eigenvalue weighted by Gasteiger charge is -2.50. The molecule has 0 radical (unpaired) electrons. The van der Waals surface area contributed by atoms with E-state index in [1.165, 1.54) is 4.90 Å². The van der Waals surface area contributed by atoms with Crippen LogP contribution in [-0.2, 0) is 23.9 Å². The molecule has 4 unspecified atom stereocenters. The molecule has 2 aliphatic rings. The number of carbonyl (C=O) groups excluding carboxylic acids is 3. The van der Waals surface area contributed by atoms with E-state index in [2.05, 4.69) is 24.2 Å². The van der Waals surface area contributed by atoms with Gasteiger partial charge in [0.2, 0.25) is 5.91 Å². The monoisotopic (exact) mass is 457 g/mol. The Balaban J connectivity index is 2.07. The normalized spacial score (nSPS) is 22.8. The van der Waals surface area contributed by atoms with Gasteiger partial charge in [0.15, 0.2) is 0 Å². The molecule has 2 heterocycles. The summed E-state index contributed by atoms with van der Waals surface area (Å²) < 4.78 is 10.9. The molecule has 0 aromatic heterocycles. The van der Waals surface area contributed by atoms with E-state index in [9.17, 15) is 14.4 Å². The van der Waals surface area contributed by atoms with Crippen LogP contribution in [0.5, 0.6) is 0 Å². The lowest BCUT2D eigenvalue weighted by atomic mass is 9.83. The molecule has 1 fully saturated rings. The van der Waals surface area contributed by atoms with Crippen LogP contribution in [0, 0.1) is 0 Å². The summed E-state index contributed by atoms with van der Waals surface area (Å²) in [5, 5.41) is 2.74. The Hall–Kier alpha value is -1.38. The van der Waals surface area contributed by atoms with Crippen LogP contribution < -0.4 is 5.32 Å². The largest absolute Gasteiger partial charge is 0.408 e. The van der Waals surface area contributed by atoms with Crippen molar-refractivity contribution in [2.75, 3.05) is 26.0 Å². The van der Waals surface area contributed by atoms with Crippen molar-refractivity contribution in [1.29, 1.82) is 0 Å². The highest BCUT2D eigenvalue weighted by molar-refractivity contribution is 7.66. The topological polar surface area (TPSA) is 84.9 Å². The van der Waals surface area contributed by atoms with Gasteiger partial charge in [-0.15, -0.1) is 8.20 Å². The molecule has 1 N–H and O–H groups in total. The maximum Gasteiger partial charge on any atom is 0.359 e. The zero-order chi connectivity index (χ0) is 21.6. The first-order chi connectivity index (χ1) is 13.8. The van der Waals surface area contributed by atoms with E-state index in [0.29, 0.717) is 39.8 Å². The van der Waals surface area contributed by atoms with E-state index in [0.717, 1.165) is 19.9 Å². The Morgan fingerprint density at radius 2 is 2.14 bits per heavy atom. The fourth-order valence-electron chi connectivity index (χ4n) is 3.40. The van der Waals surface area contributed by atoms with Crippen molar-refractivity contribution < 1.29 is 23.9 Å². The van der Waals surface area contributed by atoms with Crippen molar-refractivity contribution in [2.45, 2.75) is 43.9 Å². The molecule has 10 heteroatoms. The molecule has 2 aliphatic heterocycles. The third kappa shape index (κ3) is 5.61. The van der Waals surface area contributed by atoms with Crippen molar-refractivity contribution in [2.24, 2.45) is 0 Å². The minimum atomic E-state index is -0.753. The van der Waals surface area contributed by atoms with Crippen molar-refractivity contribution in [3.63, 3.8) is 0 Å². The number of hydrogen-bond donors (Lipinski definition) is 1. The van der Waals surface area contributed by atoms with Gasteiger partial charge < -0.3 is 14.8 Å². The first-order valence-corrected chi connectivity index (χ1v) is 13.9. The average Bonchev–Trinajstić information content (AvgIpc) is 2.71. The number of hydrogen-bond acceptors (Lipinski definition) is 5. The summed E-state index contributed by atoms with van der Waals surface area (Å²) in [6.45, 7) is 4.23. The maximum absolute atomic E-state index is 12.9. The molecule has 0 spiro atoms. The highest BCUT2D eigenvalue weighted by atomic mass is 31.1. The van der Waals surface area contributed by atoms with Gasteiger partial charge in [0, 0.05) is 6.16 Å². The number of rotatable bonds is 11. The second-order valence-electron chi connectivity index (χ2n) is 6.84. The van der Waals surface area contributed by atoms with E-state index < -0.39 is 19.6 Å². The van der Waals surface area contributed by atoms with Gasteiger partial charge in [0.25, 0.3) is 11.5 Å². The van der Waals surface area contributed by atoms with Gasteiger partial charge in [-0.05, 0) is 33.0 Å². The zero-order valence-electron chi connectivity index (χ0n) is 16.9. The number of esters is 1. The third-order valence-corrected chi connectivity index (χ3v) is 8.30. The fraction of sp³-hybridized carbons (Fsp3) is 0.579. The molecule has 0 saturated carbocycles. The first-order valence-electron chi connectivity index (χ1n) is 9.40. The number of nitrogens with zero attached hydrogens (tertiary/aromatic N) is 1. The van der Waals surface area contributed by atoms with Crippen LogP contribution in [0.1, 0.15) is 26.2 Å². The Bertz CT molecular complexity index is 752. The van der Waals surface area contributed by atoms with Gasteiger partial charge >= 0.3 is 5.97 Å². The van der Waals surface area contributed by atoms with E-state index in [1.54, 1.807) is 0 Å². The van der Waals surface area contributed by atoms with Crippen LogP contribution >= 0.6 is 24.0 Å². The number of fused-ring (bicyclic) bond motifs is 1. The molecular weight excluding hydrogens is 429 g/mol. The Labute approximate surface area is 176 Å². The Morgan fingerprint density at radius 1 is 1.41 bits per heavy atom. The standard InChI is InChI=1S/C19H27N2O5P3/c1-6-12-7-8-13-15(20-14(22)11-25-9-10-27-2)17(23)21(13)16(12)18(24)26-19(28-3)29(4)5/h13,15,19H,2-4,6-11H2,1,5H3/p+1. The second-order valence-corrected chi connectivity index (χ2v) is 11.0.